The van der Waals surface area contributed by atoms with Crippen molar-refractivity contribution in [1.82, 2.24) is 0 Å². The van der Waals surface area contributed by atoms with Crippen LogP contribution in [0.25, 0.3) is 0 Å². The molecule has 1 aromatic carbocycles. The number of ether oxygens (including phenoxy) is 3. The van der Waals surface area contributed by atoms with Gasteiger partial charge >= 0.3 is 5.91 Å². The number of hydrogen-bond donors (Lipinski definition) is 2. The smallest absolute Gasteiger partial charge is 0.343 e. The average Bonchev–Trinajstić information content (AvgIpc) is 2.82. The molecule has 0 radical (unpaired) electrons. The molecule has 2 heterocycles. The summed E-state index contributed by atoms with van der Waals surface area (Å²) in [7, 11) is 1.55. The van der Waals surface area contributed by atoms with Gasteiger partial charge in [0.1, 0.15) is 5.75 Å². The van der Waals surface area contributed by atoms with Crippen LogP contribution in [0.4, 0.5) is 0 Å². The molecule has 1 spiro atoms. The third-order valence-electron chi connectivity index (χ3n) is 5.14. The first-order chi connectivity index (χ1) is 11.1. The molecule has 1 saturated carbocycles. The minimum Gasteiger partial charge on any atom is -0.496 e. The van der Waals surface area contributed by atoms with Crippen LogP contribution in [0.2, 0.25) is 0 Å². The van der Waals surface area contributed by atoms with Crippen LogP contribution in [-0.4, -0.2) is 32.1 Å². The zero-order valence-corrected chi connectivity index (χ0v) is 12.5. The predicted molar refractivity (Wildman–Crippen MR) is 76.6 cm³/mol. The number of rotatable bonds is 2. The van der Waals surface area contributed by atoms with Crippen molar-refractivity contribution in [3.63, 3.8) is 0 Å². The van der Waals surface area contributed by atoms with E-state index in [0.29, 0.717) is 19.0 Å². The monoisotopic (exact) mass is 311 g/mol. The molecule has 1 saturated heterocycles. The number of fused-ring (bicyclic) bond motifs is 2. The number of nitrogens with two attached hydrogens (primary N) is 1. The zero-order chi connectivity index (χ0) is 16.3. The van der Waals surface area contributed by atoms with Gasteiger partial charge < -0.3 is 14.2 Å². The van der Waals surface area contributed by atoms with Crippen molar-refractivity contribution in [2.24, 2.45) is 16.6 Å². The van der Waals surface area contributed by atoms with E-state index in [0.717, 1.165) is 5.56 Å². The minimum absolute atomic E-state index is 0.208. The van der Waals surface area contributed by atoms with Gasteiger partial charge in [0.05, 0.1) is 38.4 Å². The summed E-state index contributed by atoms with van der Waals surface area (Å²) in [5, 5.41) is 19.9. The van der Waals surface area contributed by atoms with Gasteiger partial charge in [0.2, 0.25) is 0 Å². The molecule has 0 bridgehead atoms. The van der Waals surface area contributed by atoms with Crippen LogP contribution in [0.1, 0.15) is 11.5 Å². The predicted octanol–water partition coefficient (Wildman–Crippen LogP) is -1.04. The van der Waals surface area contributed by atoms with Crippen LogP contribution in [0.5, 0.6) is 5.75 Å². The van der Waals surface area contributed by atoms with E-state index in [1.807, 2.05) is 18.2 Å². The van der Waals surface area contributed by atoms with Gasteiger partial charge in [-0.3, -0.25) is 5.73 Å². The normalized spacial score (nSPS) is 36.0. The summed E-state index contributed by atoms with van der Waals surface area (Å²) >= 11 is 0. The minimum atomic E-state index is -1.38. The van der Waals surface area contributed by atoms with Gasteiger partial charge in [0.25, 0.3) is 5.84 Å². The van der Waals surface area contributed by atoms with Gasteiger partial charge in [-0.05, 0) is 6.07 Å². The lowest BCUT2D eigenvalue weighted by Gasteiger charge is -2.23. The molecule has 3 N–H and O–H groups in total. The molecule has 23 heavy (non-hydrogen) atoms. The highest BCUT2D eigenvalue weighted by Gasteiger charge is 2.97. The lowest BCUT2D eigenvalue weighted by molar-refractivity contribution is -0.676. The summed E-state index contributed by atoms with van der Waals surface area (Å²) in [6, 6.07) is 11.8. The topological polar surface area (TPSA) is 115 Å². The molecule has 3 atom stereocenters. The van der Waals surface area contributed by atoms with E-state index >= 15 is 0 Å². The largest absolute Gasteiger partial charge is 0.496 e. The average molecular weight is 311 g/mol. The Kier molecular flexibility index (Phi) is 2.57. The van der Waals surface area contributed by atoms with Crippen molar-refractivity contribution < 1.29 is 19.2 Å². The molecule has 0 amide bonds. The van der Waals surface area contributed by atoms with Crippen LogP contribution in [-0.2, 0) is 9.47 Å². The zero-order valence-electron chi connectivity index (χ0n) is 12.5. The highest BCUT2D eigenvalue weighted by Crippen LogP contribution is 2.79. The lowest BCUT2D eigenvalue weighted by Crippen LogP contribution is -2.89. The van der Waals surface area contributed by atoms with Crippen molar-refractivity contribution in [2.75, 3.05) is 20.3 Å². The van der Waals surface area contributed by atoms with Crippen molar-refractivity contribution in [3.8, 4) is 17.9 Å². The molecule has 4 rings (SSSR count). The second-order valence-corrected chi connectivity index (χ2v) is 5.87. The molecular weight excluding hydrogens is 296 g/mol. The molecule has 1 aliphatic carbocycles. The summed E-state index contributed by atoms with van der Waals surface area (Å²) in [5.41, 5.74) is 4.43. The van der Waals surface area contributed by atoms with Crippen LogP contribution in [0, 0.1) is 33.5 Å². The standard InChI is InChI=1S/C16H14N4O3/c1-21-11-5-3-2-4-10(11)12-14(8-17)13(19)20-16(15(12,14)9-18)22-6-7-23-16/h2-5,12H,6-7H2,1H3,(H2,19,20)/p+1/t12-,14+,15+/m0/s1. The Morgan fingerprint density at radius 2 is 1.96 bits per heavy atom. The van der Waals surface area contributed by atoms with Crippen LogP contribution in [0.15, 0.2) is 24.3 Å². The fourth-order valence-electron chi connectivity index (χ4n) is 4.19. The van der Waals surface area contributed by atoms with Gasteiger partial charge in [0, 0.05) is 5.56 Å². The summed E-state index contributed by atoms with van der Waals surface area (Å²) in [5.74, 6) is -1.05. The van der Waals surface area contributed by atoms with Crippen LogP contribution in [0.3, 0.4) is 0 Å². The molecule has 7 nitrogen and oxygen atoms in total. The van der Waals surface area contributed by atoms with E-state index in [9.17, 15) is 10.5 Å². The second kappa shape index (κ2) is 4.23. The molecule has 0 unspecified atom stereocenters. The number of nitrogens with zero attached hydrogens (tertiary/aromatic N) is 2. The Hall–Kier alpha value is -2.61. The molecule has 2 fully saturated rings. The van der Waals surface area contributed by atoms with Gasteiger partial charge in [-0.2, -0.15) is 10.5 Å². The van der Waals surface area contributed by atoms with Crippen LogP contribution >= 0.6 is 0 Å². The second-order valence-electron chi connectivity index (χ2n) is 5.87. The van der Waals surface area contributed by atoms with Gasteiger partial charge in [-0.15, -0.1) is 0 Å². The van der Waals surface area contributed by atoms with Crippen molar-refractivity contribution in [2.45, 2.75) is 11.8 Å². The van der Waals surface area contributed by atoms with E-state index in [2.05, 4.69) is 17.1 Å². The third kappa shape index (κ3) is 1.25. The summed E-state index contributed by atoms with van der Waals surface area (Å²) < 4.78 is 16.9. The van der Waals surface area contributed by atoms with Crippen molar-refractivity contribution in [1.29, 1.82) is 10.5 Å². The third-order valence-corrected chi connectivity index (χ3v) is 5.14. The fraction of sp³-hybridized carbons (Fsp3) is 0.438. The Labute approximate surface area is 132 Å². The first-order valence-electron chi connectivity index (χ1n) is 7.28. The number of para-hydroxylation sites is 1. The van der Waals surface area contributed by atoms with E-state index < -0.39 is 22.7 Å². The molecule has 1 aromatic rings. The van der Waals surface area contributed by atoms with Crippen molar-refractivity contribution >= 4 is 5.84 Å². The number of methoxy groups -OCH3 is 1. The van der Waals surface area contributed by atoms with E-state index in [1.165, 1.54) is 0 Å². The van der Waals surface area contributed by atoms with E-state index in [4.69, 9.17) is 19.9 Å². The Morgan fingerprint density at radius 3 is 2.57 bits per heavy atom. The molecule has 3 aliphatic rings. The Balaban J connectivity index is 1.96. The van der Waals surface area contributed by atoms with Gasteiger partial charge in [-0.25, -0.2) is 4.99 Å². The summed E-state index contributed by atoms with van der Waals surface area (Å²) in [4.78, 5) is 2.91. The van der Waals surface area contributed by atoms with Gasteiger partial charge in [0.15, 0.2) is 10.8 Å². The number of benzene rings is 1. The van der Waals surface area contributed by atoms with Crippen molar-refractivity contribution in [3.05, 3.63) is 29.8 Å². The van der Waals surface area contributed by atoms with Crippen LogP contribution < -0.4 is 15.5 Å². The number of nitrogens with one attached hydrogen (secondary N) is 1. The summed E-state index contributed by atoms with van der Waals surface area (Å²) in [6.45, 7) is 0.674. The first kappa shape index (κ1) is 14.0. The maximum Gasteiger partial charge on any atom is 0.343 e. The number of nitriles is 2. The molecule has 2 aliphatic heterocycles. The number of amidine groups is 1. The molecular formula is C16H15N4O3+. The Morgan fingerprint density at radius 1 is 1.26 bits per heavy atom. The van der Waals surface area contributed by atoms with E-state index in [-0.39, 0.29) is 5.84 Å². The highest BCUT2D eigenvalue weighted by atomic mass is 16.8. The quantitative estimate of drug-likeness (QED) is 0.721. The molecule has 7 heteroatoms. The highest BCUT2D eigenvalue weighted by molar-refractivity contribution is 5.95. The van der Waals surface area contributed by atoms with E-state index in [1.54, 1.807) is 13.2 Å². The van der Waals surface area contributed by atoms with Gasteiger partial charge in [-0.1, -0.05) is 18.2 Å². The Bertz CT molecular complexity index is 802. The lowest BCUT2D eigenvalue weighted by atomic mass is 9.94. The summed E-state index contributed by atoms with van der Waals surface area (Å²) in [6.07, 6.45) is 0. The SMILES string of the molecule is COc1ccccc1[C@H]1[C@]2(C#N)C(N)=[NH+]C3(OCCO3)[C@]12C#N. The maximum absolute atomic E-state index is 9.99. The first-order valence-corrected chi connectivity index (χ1v) is 7.28. The molecule has 0 aromatic heterocycles. The molecule has 116 valence electrons. The number of hydrogen-bond acceptors (Lipinski definition) is 6. The maximum atomic E-state index is 9.99. The fourth-order valence-corrected chi connectivity index (χ4v) is 4.19.